The molecule has 0 aromatic heterocycles. The van der Waals surface area contributed by atoms with Crippen LogP contribution in [0, 0.1) is 0 Å². The van der Waals surface area contributed by atoms with Crippen LogP contribution in [-0.4, -0.2) is 5.38 Å². The van der Waals surface area contributed by atoms with Crippen LogP contribution >= 0.6 is 23.2 Å². The highest BCUT2D eigenvalue weighted by Crippen LogP contribution is 2.18. The van der Waals surface area contributed by atoms with E-state index in [2.05, 4.69) is 13.0 Å². The van der Waals surface area contributed by atoms with E-state index in [9.17, 15) is 0 Å². The van der Waals surface area contributed by atoms with Crippen molar-refractivity contribution in [1.29, 1.82) is 0 Å². The highest BCUT2D eigenvalue weighted by Gasteiger charge is 2.06. The van der Waals surface area contributed by atoms with Gasteiger partial charge in [0, 0.05) is 10.4 Å². The van der Waals surface area contributed by atoms with E-state index in [0.717, 1.165) is 17.9 Å². The summed E-state index contributed by atoms with van der Waals surface area (Å²) in [4.78, 5) is 0. The minimum atomic E-state index is 0.245. The zero-order valence-corrected chi connectivity index (χ0v) is 12.8. The van der Waals surface area contributed by atoms with Crippen LogP contribution in [0.1, 0.15) is 57.4 Å². The van der Waals surface area contributed by atoms with Gasteiger partial charge in [0.1, 0.15) is 0 Å². The minimum absolute atomic E-state index is 0.245. The molecule has 0 nitrogen and oxygen atoms in total. The second kappa shape index (κ2) is 9.69. The average Bonchev–Trinajstić information content (AvgIpc) is 2.33. The molecule has 0 aliphatic rings. The Morgan fingerprint density at radius 3 is 2.50 bits per heavy atom. The van der Waals surface area contributed by atoms with Gasteiger partial charge in [-0.25, -0.2) is 0 Å². The maximum atomic E-state index is 6.36. The van der Waals surface area contributed by atoms with Crippen LogP contribution in [0.4, 0.5) is 0 Å². The van der Waals surface area contributed by atoms with E-state index in [0.29, 0.717) is 0 Å². The molecule has 18 heavy (non-hydrogen) atoms. The van der Waals surface area contributed by atoms with E-state index in [1.54, 1.807) is 0 Å². The van der Waals surface area contributed by atoms with E-state index < -0.39 is 0 Å². The molecule has 0 saturated heterocycles. The van der Waals surface area contributed by atoms with Gasteiger partial charge in [-0.15, -0.1) is 11.6 Å². The fourth-order valence-electron chi connectivity index (χ4n) is 2.17. The highest BCUT2D eigenvalue weighted by atomic mass is 35.5. The molecule has 0 radical (unpaired) electrons. The monoisotopic (exact) mass is 286 g/mol. The van der Waals surface area contributed by atoms with Gasteiger partial charge in [-0.05, 0) is 30.5 Å². The quantitative estimate of drug-likeness (QED) is 0.372. The van der Waals surface area contributed by atoms with Gasteiger partial charge in [0.25, 0.3) is 0 Å². The Morgan fingerprint density at radius 1 is 1.06 bits per heavy atom. The van der Waals surface area contributed by atoms with Crippen LogP contribution < -0.4 is 0 Å². The third-order valence-corrected chi connectivity index (χ3v) is 3.82. The maximum Gasteiger partial charge on any atom is 0.0408 e. The third kappa shape index (κ3) is 7.28. The standard InChI is InChI=1S/C16H24Cl2/c1-2-3-4-5-6-7-10-15(17)12-14-9-8-11-16(18)13-14/h8-9,11,13,15H,2-7,10,12H2,1H3. The van der Waals surface area contributed by atoms with Gasteiger partial charge in [-0.1, -0.05) is 69.2 Å². The lowest BCUT2D eigenvalue weighted by Gasteiger charge is -2.09. The fraction of sp³-hybridized carbons (Fsp3) is 0.625. The Kier molecular flexibility index (Phi) is 8.54. The van der Waals surface area contributed by atoms with Crippen LogP contribution in [-0.2, 0) is 6.42 Å². The first-order chi connectivity index (χ1) is 8.72. The number of hydrogen-bond donors (Lipinski definition) is 0. The van der Waals surface area contributed by atoms with Crippen LogP contribution in [0.25, 0.3) is 0 Å². The van der Waals surface area contributed by atoms with Crippen molar-refractivity contribution >= 4 is 23.2 Å². The Hall–Kier alpha value is -0.200. The maximum absolute atomic E-state index is 6.36. The van der Waals surface area contributed by atoms with E-state index in [-0.39, 0.29) is 5.38 Å². The normalized spacial score (nSPS) is 12.6. The predicted molar refractivity (Wildman–Crippen MR) is 82.8 cm³/mol. The van der Waals surface area contributed by atoms with Gasteiger partial charge < -0.3 is 0 Å². The summed E-state index contributed by atoms with van der Waals surface area (Å²) in [5, 5.41) is 1.05. The first-order valence-corrected chi connectivity index (χ1v) is 7.92. The Labute approximate surface area is 122 Å². The van der Waals surface area contributed by atoms with Gasteiger partial charge in [-0.2, -0.15) is 0 Å². The summed E-state index contributed by atoms with van der Waals surface area (Å²) in [7, 11) is 0. The Bertz CT molecular complexity index is 323. The summed E-state index contributed by atoms with van der Waals surface area (Å²) in [5.41, 5.74) is 1.24. The smallest absolute Gasteiger partial charge is 0.0408 e. The molecule has 0 spiro atoms. The molecule has 1 atom stereocenters. The Morgan fingerprint density at radius 2 is 1.78 bits per heavy atom. The van der Waals surface area contributed by atoms with Gasteiger partial charge in [-0.3, -0.25) is 0 Å². The molecule has 0 aliphatic heterocycles. The number of rotatable bonds is 9. The van der Waals surface area contributed by atoms with Crippen LogP contribution in [0.3, 0.4) is 0 Å². The van der Waals surface area contributed by atoms with Crippen molar-refractivity contribution in [1.82, 2.24) is 0 Å². The molecule has 1 aromatic carbocycles. The highest BCUT2D eigenvalue weighted by molar-refractivity contribution is 6.30. The first-order valence-electron chi connectivity index (χ1n) is 7.11. The second-order valence-electron chi connectivity index (χ2n) is 4.99. The van der Waals surface area contributed by atoms with E-state index in [1.165, 1.54) is 44.1 Å². The van der Waals surface area contributed by atoms with E-state index >= 15 is 0 Å². The predicted octanol–water partition coefficient (Wildman–Crippen LogP) is 6.24. The van der Waals surface area contributed by atoms with E-state index in [1.807, 2.05) is 18.2 Å². The summed E-state index contributed by atoms with van der Waals surface area (Å²) in [5.74, 6) is 0. The molecule has 1 unspecified atom stereocenters. The molecule has 0 saturated carbocycles. The summed E-state index contributed by atoms with van der Waals surface area (Å²) < 4.78 is 0. The van der Waals surface area contributed by atoms with Crippen molar-refractivity contribution in [3.63, 3.8) is 0 Å². The third-order valence-electron chi connectivity index (χ3n) is 3.22. The van der Waals surface area contributed by atoms with Crippen molar-refractivity contribution in [2.24, 2.45) is 0 Å². The number of unbranched alkanes of at least 4 members (excludes halogenated alkanes) is 5. The van der Waals surface area contributed by atoms with Gasteiger partial charge in [0.15, 0.2) is 0 Å². The zero-order chi connectivity index (χ0) is 13.2. The largest absolute Gasteiger partial charge is 0.123 e. The number of alkyl halides is 1. The van der Waals surface area contributed by atoms with Crippen LogP contribution in [0.2, 0.25) is 5.02 Å². The SMILES string of the molecule is CCCCCCCCC(Cl)Cc1cccc(Cl)c1. The number of hydrogen-bond acceptors (Lipinski definition) is 0. The molecule has 102 valence electrons. The molecule has 0 N–H and O–H groups in total. The number of benzene rings is 1. The molecule has 2 heteroatoms. The molecular weight excluding hydrogens is 263 g/mol. The summed E-state index contributed by atoms with van der Waals surface area (Å²) in [6.07, 6.45) is 10.0. The van der Waals surface area contributed by atoms with Crippen molar-refractivity contribution in [2.45, 2.75) is 63.7 Å². The second-order valence-corrected chi connectivity index (χ2v) is 6.04. The number of halogens is 2. The average molecular weight is 287 g/mol. The molecule has 0 amide bonds. The van der Waals surface area contributed by atoms with Crippen molar-refractivity contribution in [2.75, 3.05) is 0 Å². The lowest BCUT2D eigenvalue weighted by molar-refractivity contribution is 0.578. The molecule has 1 rings (SSSR count). The molecule has 0 bridgehead atoms. The summed E-state index contributed by atoms with van der Waals surface area (Å²) in [6.45, 7) is 2.25. The zero-order valence-electron chi connectivity index (χ0n) is 11.3. The lowest BCUT2D eigenvalue weighted by Crippen LogP contribution is -2.03. The fourth-order valence-corrected chi connectivity index (χ4v) is 2.71. The minimum Gasteiger partial charge on any atom is -0.123 e. The summed E-state index contributed by atoms with van der Waals surface area (Å²) >= 11 is 12.3. The van der Waals surface area contributed by atoms with Crippen LogP contribution in [0.15, 0.2) is 24.3 Å². The molecule has 0 aliphatic carbocycles. The summed E-state index contributed by atoms with van der Waals surface area (Å²) in [6, 6.07) is 8.01. The van der Waals surface area contributed by atoms with Crippen molar-refractivity contribution in [3.05, 3.63) is 34.9 Å². The van der Waals surface area contributed by atoms with Gasteiger partial charge in [0.05, 0.1) is 0 Å². The Balaban J connectivity index is 2.12. The lowest BCUT2D eigenvalue weighted by atomic mass is 10.0. The van der Waals surface area contributed by atoms with Crippen molar-refractivity contribution < 1.29 is 0 Å². The molecule has 1 aromatic rings. The molecular formula is C16H24Cl2. The van der Waals surface area contributed by atoms with Crippen LogP contribution in [0.5, 0.6) is 0 Å². The first kappa shape index (κ1) is 15.9. The topological polar surface area (TPSA) is 0 Å². The van der Waals surface area contributed by atoms with Gasteiger partial charge >= 0.3 is 0 Å². The van der Waals surface area contributed by atoms with Crippen molar-refractivity contribution in [3.8, 4) is 0 Å². The molecule has 0 heterocycles. The van der Waals surface area contributed by atoms with Gasteiger partial charge in [0.2, 0.25) is 0 Å². The molecule has 0 fully saturated rings. The van der Waals surface area contributed by atoms with E-state index in [4.69, 9.17) is 23.2 Å².